The summed E-state index contributed by atoms with van der Waals surface area (Å²) in [5.74, 6) is 1.82. The Bertz CT molecular complexity index is 1260. The number of halogens is 2. The summed E-state index contributed by atoms with van der Waals surface area (Å²) < 4.78 is 13.7. The number of anilines is 1. The SMILES string of the molecule is O=C(N[C@@H]1CCOC1)C1CCN(c2nc3cc(Cl)c(Cl)cc3n2-c2cccc(OC3CCC3)c2)CC1. The van der Waals surface area contributed by atoms with Crippen molar-refractivity contribution >= 4 is 46.1 Å². The lowest BCUT2D eigenvalue weighted by atomic mass is 9.95. The van der Waals surface area contributed by atoms with Gasteiger partial charge in [0.05, 0.1) is 45.5 Å². The fourth-order valence-electron chi connectivity index (χ4n) is 5.21. The van der Waals surface area contributed by atoms with Crippen LogP contribution in [0.25, 0.3) is 16.7 Å². The first kappa shape index (κ1) is 23.9. The highest BCUT2D eigenvalue weighted by atomic mass is 35.5. The fourth-order valence-corrected chi connectivity index (χ4v) is 5.53. The van der Waals surface area contributed by atoms with Gasteiger partial charge in [-0.05, 0) is 62.8 Å². The second-order valence-corrected chi connectivity index (χ2v) is 10.8. The molecule has 2 saturated heterocycles. The molecule has 0 spiro atoms. The van der Waals surface area contributed by atoms with Crippen LogP contribution in [0.3, 0.4) is 0 Å². The number of nitrogens with one attached hydrogen (secondary N) is 1. The molecule has 0 radical (unpaired) electrons. The highest BCUT2D eigenvalue weighted by molar-refractivity contribution is 6.42. The molecular formula is C27H30Cl2N4O3. The molecule has 6 rings (SSSR count). The molecule has 1 aromatic heterocycles. The number of carbonyl (C=O) groups excluding carboxylic acids is 1. The number of ether oxygens (including phenoxy) is 2. The van der Waals surface area contributed by atoms with Crippen molar-refractivity contribution in [1.29, 1.82) is 0 Å². The third-order valence-corrected chi connectivity index (χ3v) is 8.26. The third kappa shape index (κ3) is 4.76. The van der Waals surface area contributed by atoms with E-state index in [9.17, 15) is 4.79 Å². The average Bonchev–Trinajstić information content (AvgIpc) is 3.50. The van der Waals surface area contributed by atoms with Crippen molar-refractivity contribution < 1.29 is 14.3 Å². The maximum Gasteiger partial charge on any atom is 0.223 e. The van der Waals surface area contributed by atoms with Gasteiger partial charge in [0.2, 0.25) is 11.9 Å². The number of nitrogens with zero attached hydrogens (tertiary/aromatic N) is 3. The molecule has 2 aromatic carbocycles. The Morgan fingerprint density at radius 3 is 2.58 bits per heavy atom. The number of aromatic nitrogens is 2. The van der Waals surface area contributed by atoms with E-state index in [-0.39, 0.29) is 17.9 Å². The third-order valence-electron chi connectivity index (χ3n) is 7.53. The minimum absolute atomic E-state index is 0.00257. The molecule has 0 unspecified atom stereocenters. The number of benzene rings is 2. The normalized spacial score (nSPS) is 21.1. The molecule has 190 valence electrons. The van der Waals surface area contributed by atoms with Crippen LogP contribution in [-0.2, 0) is 9.53 Å². The lowest BCUT2D eigenvalue weighted by Gasteiger charge is -2.33. The van der Waals surface area contributed by atoms with Crippen LogP contribution in [0.5, 0.6) is 5.75 Å². The largest absolute Gasteiger partial charge is 0.490 e. The van der Waals surface area contributed by atoms with E-state index < -0.39 is 0 Å². The monoisotopic (exact) mass is 528 g/mol. The molecular weight excluding hydrogens is 499 g/mol. The van der Waals surface area contributed by atoms with E-state index in [1.807, 2.05) is 24.3 Å². The van der Waals surface area contributed by atoms with E-state index in [1.165, 1.54) is 6.42 Å². The van der Waals surface area contributed by atoms with Gasteiger partial charge in [0.1, 0.15) is 5.75 Å². The molecule has 0 bridgehead atoms. The zero-order valence-corrected chi connectivity index (χ0v) is 21.6. The topological polar surface area (TPSA) is 68.6 Å². The summed E-state index contributed by atoms with van der Waals surface area (Å²) in [5, 5.41) is 4.13. The summed E-state index contributed by atoms with van der Waals surface area (Å²) in [6.45, 7) is 2.81. The summed E-state index contributed by atoms with van der Waals surface area (Å²) in [7, 11) is 0. The molecule has 3 heterocycles. The molecule has 1 saturated carbocycles. The van der Waals surface area contributed by atoms with Crippen LogP contribution in [0, 0.1) is 5.92 Å². The molecule has 1 atom stereocenters. The van der Waals surface area contributed by atoms with Gasteiger partial charge < -0.3 is 19.7 Å². The number of piperidine rings is 1. The Morgan fingerprint density at radius 2 is 1.86 bits per heavy atom. The van der Waals surface area contributed by atoms with Gasteiger partial charge in [0, 0.05) is 31.7 Å². The first-order valence-electron chi connectivity index (χ1n) is 12.8. The average molecular weight is 529 g/mol. The van der Waals surface area contributed by atoms with Crippen molar-refractivity contribution in [2.24, 2.45) is 5.92 Å². The van der Waals surface area contributed by atoms with Gasteiger partial charge in [0.15, 0.2) is 0 Å². The Hall–Kier alpha value is -2.48. The van der Waals surface area contributed by atoms with Crippen molar-refractivity contribution in [2.45, 2.75) is 50.7 Å². The Balaban J connectivity index is 1.28. The molecule has 3 aliphatic rings. The molecule has 36 heavy (non-hydrogen) atoms. The predicted octanol–water partition coefficient (Wildman–Crippen LogP) is 5.39. The van der Waals surface area contributed by atoms with Crippen molar-refractivity contribution in [3.8, 4) is 11.4 Å². The first-order valence-corrected chi connectivity index (χ1v) is 13.6. The molecule has 3 fully saturated rings. The second-order valence-electron chi connectivity index (χ2n) is 10.0. The summed E-state index contributed by atoms with van der Waals surface area (Å²) in [5.41, 5.74) is 2.64. The Morgan fingerprint density at radius 1 is 1.06 bits per heavy atom. The second kappa shape index (κ2) is 10.1. The fraction of sp³-hybridized carbons (Fsp3) is 0.481. The van der Waals surface area contributed by atoms with Crippen LogP contribution < -0.4 is 15.0 Å². The lowest BCUT2D eigenvalue weighted by Crippen LogP contribution is -2.44. The molecule has 1 N–H and O–H groups in total. The highest BCUT2D eigenvalue weighted by Crippen LogP contribution is 2.36. The van der Waals surface area contributed by atoms with E-state index in [4.69, 9.17) is 37.7 Å². The van der Waals surface area contributed by atoms with Crippen LogP contribution in [0.1, 0.15) is 38.5 Å². The summed E-state index contributed by atoms with van der Waals surface area (Å²) in [4.78, 5) is 20.0. The Kier molecular flexibility index (Phi) is 6.71. The van der Waals surface area contributed by atoms with E-state index in [0.717, 1.165) is 80.2 Å². The molecule has 2 aliphatic heterocycles. The molecule has 7 nitrogen and oxygen atoms in total. The number of hydrogen-bond acceptors (Lipinski definition) is 5. The maximum absolute atomic E-state index is 12.8. The number of fused-ring (bicyclic) bond motifs is 1. The van der Waals surface area contributed by atoms with E-state index in [1.54, 1.807) is 0 Å². The summed E-state index contributed by atoms with van der Waals surface area (Å²) in [6.07, 6.45) is 6.17. The van der Waals surface area contributed by atoms with Crippen molar-refractivity contribution in [1.82, 2.24) is 14.9 Å². The predicted molar refractivity (Wildman–Crippen MR) is 142 cm³/mol. The summed E-state index contributed by atoms with van der Waals surface area (Å²) >= 11 is 12.8. The number of carbonyl (C=O) groups is 1. The van der Waals surface area contributed by atoms with Crippen LogP contribution in [0.4, 0.5) is 5.95 Å². The lowest BCUT2D eigenvalue weighted by molar-refractivity contribution is -0.126. The number of rotatable bonds is 6. The smallest absolute Gasteiger partial charge is 0.223 e. The standard InChI is InChI=1S/C27H30Cl2N4O3/c28-22-14-24-25(15-23(22)29)33(19-3-1-6-21(13-19)36-20-4-2-5-20)27(31-24)32-10-7-17(8-11-32)26(34)30-18-9-12-35-16-18/h1,3,6,13-15,17-18,20H,2,4-5,7-12,16H2,(H,30,34)/t18-/m1/s1. The van der Waals surface area contributed by atoms with Gasteiger partial charge in [-0.2, -0.15) is 0 Å². The van der Waals surface area contributed by atoms with Crippen LogP contribution in [0.15, 0.2) is 36.4 Å². The van der Waals surface area contributed by atoms with Gasteiger partial charge in [-0.15, -0.1) is 0 Å². The molecule has 1 amide bonds. The van der Waals surface area contributed by atoms with Crippen LogP contribution in [0.2, 0.25) is 10.0 Å². The first-order chi connectivity index (χ1) is 17.5. The minimum Gasteiger partial charge on any atom is -0.490 e. The van der Waals surface area contributed by atoms with Crippen LogP contribution >= 0.6 is 23.2 Å². The number of imidazole rings is 1. The molecule has 1 aliphatic carbocycles. The van der Waals surface area contributed by atoms with E-state index in [0.29, 0.717) is 22.8 Å². The van der Waals surface area contributed by atoms with Gasteiger partial charge in [0.25, 0.3) is 0 Å². The quantitative estimate of drug-likeness (QED) is 0.464. The van der Waals surface area contributed by atoms with Crippen molar-refractivity contribution in [3.63, 3.8) is 0 Å². The van der Waals surface area contributed by atoms with Gasteiger partial charge >= 0.3 is 0 Å². The van der Waals surface area contributed by atoms with Crippen molar-refractivity contribution in [2.75, 3.05) is 31.2 Å². The van der Waals surface area contributed by atoms with Crippen molar-refractivity contribution in [3.05, 3.63) is 46.4 Å². The number of amides is 1. The Labute approximate surface area is 220 Å². The zero-order valence-electron chi connectivity index (χ0n) is 20.1. The van der Waals surface area contributed by atoms with Gasteiger partial charge in [-0.25, -0.2) is 4.98 Å². The highest BCUT2D eigenvalue weighted by Gasteiger charge is 2.30. The molecule has 3 aromatic rings. The minimum atomic E-state index is 0.00257. The summed E-state index contributed by atoms with van der Waals surface area (Å²) in [6, 6.07) is 12.0. The van der Waals surface area contributed by atoms with E-state index in [2.05, 4.69) is 26.9 Å². The number of hydrogen-bond donors (Lipinski definition) is 1. The van der Waals surface area contributed by atoms with E-state index >= 15 is 0 Å². The molecule has 9 heteroatoms. The van der Waals surface area contributed by atoms with Gasteiger partial charge in [-0.3, -0.25) is 9.36 Å². The zero-order chi connectivity index (χ0) is 24.6. The van der Waals surface area contributed by atoms with Gasteiger partial charge in [-0.1, -0.05) is 29.3 Å². The van der Waals surface area contributed by atoms with Crippen LogP contribution in [-0.4, -0.2) is 53.9 Å². The maximum atomic E-state index is 12.8.